The average Bonchev–Trinajstić information content (AvgIpc) is 2.82. The van der Waals surface area contributed by atoms with Gasteiger partial charge in [0.25, 0.3) is 0 Å². The minimum absolute atomic E-state index is 0.608. The van der Waals surface area contributed by atoms with Crippen molar-refractivity contribution in [2.24, 2.45) is 0 Å². The van der Waals surface area contributed by atoms with Crippen LogP contribution in [0.3, 0.4) is 0 Å². The van der Waals surface area contributed by atoms with Crippen LogP contribution in [-0.4, -0.2) is 20.6 Å². The third-order valence-corrected chi connectivity index (χ3v) is 2.76. The van der Waals surface area contributed by atoms with Crippen LogP contribution in [0.1, 0.15) is 11.1 Å². The molecule has 18 heavy (non-hydrogen) atoms. The van der Waals surface area contributed by atoms with Crippen LogP contribution in [0.5, 0.6) is 0 Å². The van der Waals surface area contributed by atoms with Gasteiger partial charge < -0.3 is 9.67 Å². The molecule has 0 saturated heterocycles. The number of imidazole rings is 1. The molecule has 1 aromatic heterocycles. The summed E-state index contributed by atoms with van der Waals surface area (Å²) in [6.07, 6.45) is 7.87. The summed E-state index contributed by atoms with van der Waals surface area (Å²) in [5.74, 6) is -0.978. The van der Waals surface area contributed by atoms with Crippen LogP contribution in [0, 0.1) is 0 Å². The lowest BCUT2D eigenvalue weighted by molar-refractivity contribution is -0.131. The summed E-state index contributed by atoms with van der Waals surface area (Å²) in [7, 11) is 0. The smallest absolute Gasteiger partial charge is 0.328 e. The predicted octanol–water partition coefficient (Wildman–Crippen LogP) is 2.68. The van der Waals surface area contributed by atoms with Gasteiger partial charge in [-0.2, -0.15) is 0 Å². The number of carbonyl (C=O) groups is 1. The summed E-state index contributed by atoms with van der Waals surface area (Å²) < 4.78 is 1.91. The van der Waals surface area contributed by atoms with E-state index >= 15 is 0 Å². The van der Waals surface area contributed by atoms with Crippen molar-refractivity contribution in [1.29, 1.82) is 0 Å². The molecule has 2 rings (SSSR count). The molecule has 0 atom stereocenters. The molecule has 0 fully saturated rings. The second-order valence-corrected chi connectivity index (χ2v) is 4.16. The molecule has 4 nitrogen and oxygen atoms in total. The highest BCUT2D eigenvalue weighted by Crippen LogP contribution is 2.19. The van der Waals surface area contributed by atoms with E-state index in [9.17, 15) is 4.79 Å². The first-order valence-corrected chi connectivity index (χ1v) is 5.68. The molecule has 0 unspecified atom stereocenters. The molecule has 1 aromatic carbocycles. The lowest BCUT2D eigenvalue weighted by atomic mass is 10.1. The lowest BCUT2D eigenvalue weighted by Gasteiger charge is -2.06. The third kappa shape index (κ3) is 3.21. The summed E-state index contributed by atoms with van der Waals surface area (Å²) >= 11 is 6.15. The van der Waals surface area contributed by atoms with Gasteiger partial charge in [0, 0.05) is 30.0 Å². The van der Waals surface area contributed by atoms with Gasteiger partial charge >= 0.3 is 5.97 Å². The standard InChI is InChI=1S/C13H11ClN2O2/c14-12-7-10(2-4-13(17)18)1-3-11(12)8-16-6-5-15-9-16/h1-7,9H,8H2,(H,17,18)/b4-2+. The summed E-state index contributed by atoms with van der Waals surface area (Å²) in [4.78, 5) is 14.4. The maximum absolute atomic E-state index is 10.4. The molecule has 0 amide bonds. The van der Waals surface area contributed by atoms with Gasteiger partial charge in [0.15, 0.2) is 0 Å². The van der Waals surface area contributed by atoms with Gasteiger partial charge in [-0.15, -0.1) is 0 Å². The van der Waals surface area contributed by atoms with Crippen molar-refractivity contribution in [1.82, 2.24) is 9.55 Å². The van der Waals surface area contributed by atoms with Crippen LogP contribution in [0.15, 0.2) is 43.0 Å². The topological polar surface area (TPSA) is 55.1 Å². The number of carboxylic acid groups (broad SMARTS) is 1. The molecule has 0 bridgehead atoms. The molecule has 0 aliphatic heterocycles. The van der Waals surface area contributed by atoms with Crippen LogP contribution < -0.4 is 0 Å². The second-order valence-electron chi connectivity index (χ2n) is 3.76. The number of nitrogens with zero attached hydrogens (tertiary/aromatic N) is 2. The predicted molar refractivity (Wildman–Crippen MR) is 69.5 cm³/mol. The van der Waals surface area contributed by atoms with Crippen molar-refractivity contribution in [2.45, 2.75) is 6.54 Å². The highest BCUT2D eigenvalue weighted by atomic mass is 35.5. The Morgan fingerprint density at radius 2 is 2.33 bits per heavy atom. The number of aromatic nitrogens is 2. The minimum atomic E-state index is -0.978. The monoisotopic (exact) mass is 262 g/mol. The summed E-state index contributed by atoms with van der Waals surface area (Å²) in [5, 5.41) is 9.15. The lowest BCUT2D eigenvalue weighted by Crippen LogP contribution is -1.97. The number of halogens is 1. The van der Waals surface area contributed by atoms with E-state index in [1.54, 1.807) is 18.6 Å². The minimum Gasteiger partial charge on any atom is -0.478 e. The summed E-state index contributed by atoms with van der Waals surface area (Å²) in [6.45, 7) is 0.641. The van der Waals surface area contributed by atoms with Crippen molar-refractivity contribution in [2.75, 3.05) is 0 Å². The van der Waals surface area contributed by atoms with Gasteiger partial charge in [-0.1, -0.05) is 23.7 Å². The molecule has 92 valence electrons. The second kappa shape index (κ2) is 5.51. The Morgan fingerprint density at radius 1 is 1.50 bits per heavy atom. The van der Waals surface area contributed by atoms with E-state index in [0.29, 0.717) is 11.6 Å². The molecule has 1 N–H and O–H groups in total. The van der Waals surface area contributed by atoms with Crippen LogP contribution >= 0.6 is 11.6 Å². The number of aliphatic carboxylic acids is 1. The zero-order valence-corrected chi connectivity index (χ0v) is 10.2. The van der Waals surface area contributed by atoms with Crippen molar-refractivity contribution >= 4 is 23.6 Å². The fraction of sp³-hybridized carbons (Fsp3) is 0.0769. The molecular weight excluding hydrogens is 252 g/mol. The van der Waals surface area contributed by atoms with Gasteiger partial charge in [-0.05, 0) is 23.3 Å². The van der Waals surface area contributed by atoms with Crippen molar-refractivity contribution in [3.63, 3.8) is 0 Å². The molecule has 0 aliphatic carbocycles. The highest BCUT2D eigenvalue weighted by Gasteiger charge is 2.02. The fourth-order valence-corrected chi connectivity index (χ4v) is 1.79. The number of hydrogen-bond donors (Lipinski definition) is 1. The molecule has 0 aliphatic rings. The number of carboxylic acids is 1. The Labute approximate surface area is 109 Å². The van der Waals surface area contributed by atoms with Gasteiger partial charge in [0.05, 0.1) is 6.33 Å². The Kier molecular flexibility index (Phi) is 3.79. The molecule has 2 aromatic rings. The Morgan fingerprint density at radius 3 is 2.94 bits per heavy atom. The van der Waals surface area contributed by atoms with Crippen molar-refractivity contribution in [3.8, 4) is 0 Å². The fourth-order valence-electron chi connectivity index (χ4n) is 1.54. The van der Waals surface area contributed by atoms with Crippen LogP contribution in [0.25, 0.3) is 6.08 Å². The number of benzene rings is 1. The van der Waals surface area contributed by atoms with E-state index in [0.717, 1.165) is 17.2 Å². The first-order chi connectivity index (χ1) is 8.65. The Bertz CT molecular complexity index is 577. The maximum Gasteiger partial charge on any atom is 0.328 e. The van der Waals surface area contributed by atoms with Crippen LogP contribution in [0.2, 0.25) is 5.02 Å². The van der Waals surface area contributed by atoms with Gasteiger partial charge in [0.1, 0.15) is 0 Å². The van der Waals surface area contributed by atoms with Crippen molar-refractivity contribution in [3.05, 3.63) is 59.1 Å². The van der Waals surface area contributed by atoms with E-state index in [-0.39, 0.29) is 0 Å². The van der Waals surface area contributed by atoms with E-state index in [1.165, 1.54) is 6.08 Å². The number of hydrogen-bond acceptors (Lipinski definition) is 2. The maximum atomic E-state index is 10.4. The third-order valence-electron chi connectivity index (χ3n) is 2.41. The van der Waals surface area contributed by atoms with Gasteiger partial charge in [-0.3, -0.25) is 0 Å². The van der Waals surface area contributed by atoms with Crippen molar-refractivity contribution < 1.29 is 9.90 Å². The number of rotatable bonds is 4. The van der Waals surface area contributed by atoms with E-state index in [4.69, 9.17) is 16.7 Å². The largest absolute Gasteiger partial charge is 0.478 e. The van der Waals surface area contributed by atoms with Gasteiger partial charge in [0.2, 0.25) is 0 Å². The molecule has 5 heteroatoms. The van der Waals surface area contributed by atoms with Gasteiger partial charge in [-0.25, -0.2) is 9.78 Å². The summed E-state index contributed by atoms with van der Waals surface area (Å²) in [5.41, 5.74) is 1.72. The Hall–Kier alpha value is -2.07. The average molecular weight is 263 g/mol. The SMILES string of the molecule is O=C(O)/C=C/c1ccc(Cn2ccnc2)c(Cl)c1. The van der Waals surface area contributed by atoms with Crippen LogP contribution in [0.4, 0.5) is 0 Å². The Balaban J connectivity index is 2.17. The van der Waals surface area contributed by atoms with Crippen LogP contribution in [-0.2, 0) is 11.3 Å². The molecular formula is C13H11ClN2O2. The normalized spacial score (nSPS) is 10.9. The molecule has 0 saturated carbocycles. The first-order valence-electron chi connectivity index (χ1n) is 5.30. The van der Waals surface area contributed by atoms with E-state index < -0.39 is 5.97 Å². The first kappa shape index (κ1) is 12.4. The van der Waals surface area contributed by atoms with E-state index in [1.807, 2.05) is 22.9 Å². The quantitative estimate of drug-likeness (QED) is 0.862. The zero-order valence-electron chi connectivity index (χ0n) is 9.45. The zero-order chi connectivity index (χ0) is 13.0. The summed E-state index contributed by atoms with van der Waals surface area (Å²) in [6, 6.07) is 5.45. The molecule has 1 heterocycles. The molecule has 0 spiro atoms. The van der Waals surface area contributed by atoms with E-state index in [2.05, 4.69) is 4.98 Å². The molecule has 0 radical (unpaired) electrons. The highest BCUT2D eigenvalue weighted by molar-refractivity contribution is 6.31.